The van der Waals surface area contributed by atoms with Crippen LogP contribution in [0.3, 0.4) is 0 Å². The maximum atomic E-state index is 4.88. The van der Waals surface area contributed by atoms with E-state index in [9.17, 15) is 0 Å². The minimum absolute atomic E-state index is 0.246. The molecule has 6 heteroatoms. The molecule has 0 saturated carbocycles. The van der Waals surface area contributed by atoms with Gasteiger partial charge in [-0.1, -0.05) is 127 Å². The first-order valence-electron chi connectivity index (χ1n) is 18.5. The van der Waals surface area contributed by atoms with Crippen molar-refractivity contribution in [2.24, 2.45) is 4.99 Å². The molecule has 0 fully saturated rings. The van der Waals surface area contributed by atoms with Crippen LogP contribution < -0.4 is 10.6 Å². The maximum absolute atomic E-state index is 4.88. The predicted octanol–water partition coefficient (Wildman–Crippen LogP) is 10.6. The van der Waals surface area contributed by atoms with Crippen LogP contribution in [0.2, 0.25) is 0 Å². The molecule has 258 valence electrons. The third-order valence-electron chi connectivity index (χ3n) is 10.5. The van der Waals surface area contributed by atoms with E-state index in [1.807, 2.05) is 30.7 Å². The average Bonchev–Trinajstić information content (AvgIpc) is 3.22. The van der Waals surface area contributed by atoms with Crippen molar-refractivity contribution in [1.82, 2.24) is 15.0 Å². The van der Waals surface area contributed by atoms with Gasteiger partial charge < -0.3 is 10.6 Å². The van der Waals surface area contributed by atoms with Crippen LogP contribution >= 0.6 is 0 Å². The van der Waals surface area contributed by atoms with Crippen LogP contribution in [0, 0.1) is 0 Å². The van der Waals surface area contributed by atoms with E-state index in [0.29, 0.717) is 6.04 Å². The second-order valence-corrected chi connectivity index (χ2v) is 14.0. The molecule has 0 spiro atoms. The van der Waals surface area contributed by atoms with Crippen molar-refractivity contribution in [3.8, 4) is 0 Å². The Labute approximate surface area is 313 Å². The molecule has 3 aliphatic heterocycles. The smallest absolute Gasteiger partial charge is 0.0994 e. The molecule has 2 atom stereocenters. The summed E-state index contributed by atoms with van der Waals surface area (Å²) in [5, 5.41) is 10.8. The fraction of sp³-hybridized carbons (Fsp3) is 0.0833. The van der Waals surface area contributed by atoms with Crippen LogP contribution in [0.4, 0.5) is 17.1 Å². The number of hydrogen-bond acceptors (Lipinski definition) is 6. The first-order chi connectivity index (χ1) is 26.7. The highest BCUT2D eigenvalue weighted by molar-refractivity contribution is 6.26. The quantitative estimate of drug-likeness (QED) is 0.187. The van der Waals surface area contributed by atoms with E-state index in [1.165, 1.54) is 27.6 Å². The van der Waals surface area contributed by atoms with E-state index >= 15 is 0 Å². The molecule has 2 N–H and O–H groups in total. The van der Waals surface area contributed by atoms with Crippen LogP contribution in [-0.2, 0) is 12.8 Å². The van der Waals surface area contributed by atoms with Crippen molar-refractivity contribution in [3.63, 3.8) is 0 Å². The second kappa shape index (κ2) is 13.6. The van der Waals surface area contributed by atoms with Crippen molar-refractivity contribution < 1.29 is 0 Å². The number of anilines is 2. The fourth-order valence-electron chi connectivity index (χ4n) is 7.74. The van der Waals surface area contributed by atoms with Crippen LogP contribution in [0.5, 0.6) is 0 Å². The molecule has 3 aromatic heterocycles. The molecule has 11 rings (SSSR count). The van der Waals surface area contributed by atoms with Crippen LogP contribution in [0.25, 0.3) is 44.9 Å². The zero-order valence-electron chi connectivity index (χ0n) is 29.5. The molecule has 0 amide bonds. The number of rotatable bonds is 5. The van der Waals surface area contributed by atoms with Gasteiger partial charge in [-0.2, -0.15) is 0 Å². The van der Waals surface area contributed by atoms with Crippen molar-refractivity contribution in [2.45, 2.75) is 24.9 Å². The number of nitrogens with zero attached hydrogens (tertiary/aromatic N) is 4. The largest absolute Gasteiger partial charge is 0.376 e. The zero-order valence-corrected chi connectivity index (χ0v) is 29.5. The SMILES string of the molecule is C1=CC(Cc2ccccc2)Nc2c1ccc1cc(C3=Nc4c3ccc3cccnc43)cnc21.C1=CC(Cc2ccccc2)Nc2c1ccc1cccnc21. The Bertz CT molecular complexity index is 2790. The third kappa shape index (κ3) is 5.97. The monoisotopic (exact) mass is 696 g/mol. The fourth-order valence-corrected chi connectivity index (χ4v) is 7.74. The lowest BCUT2D eigenvalue weighted by atomic mass is 9.93. The van der Waals surface area contributed by atoms with E-state index in [2.05, 4.69) is 160 Å². The molecule has 5 aromatic carbocycles. The summed E-state index contributed by atoms with van der Waals surface area (Å²) in [6, 6.07) is 44.9. The summed E-state index contributed by atoms with van der Waals surface area (Å²) in [5.41, 5.74) is 14.5. The first-order valence-corrected chi connectivity index (χ1v) is 18.5. The lowest BCUT2D eigenvalue weighted by Gasteiger charge is -2.24. The normalized spacial score (nSPS) is 16.2. The van der Waals surface area contributed by atoms with Gasteiger partial charge >= 0.3 is 0 Å². The number of fused-ring (bicyclic) bond motifs is 9. The summed E-state index contributed by atoms with van der Waals surface area (Å²) in [4.78, 5) is 18.8. The lowest BCUT2D eigenvalue weighted by molar-refractivity contribution is 0.863. The molecule has 0 radical (unpaired) electrons. The van der Waals surface area contributed by atoms with Gasteiger partial charge in [0.25, 0.3) is 0 Å². The highest BCUT2D eigenvalue weighted by Crippen LogP contribution is 2.39. The molecular formula is C48H36N6. The summed E-state index contributed by atoms with van der Waals surface area (Å²) in [6.45, 7) is 0. The molecule has 54 heavy (non-hydrogen) atoms. The molecule has 3 aliphatic rings. The minimum atomic E-state index is 0.246. The Morgan fingerprint density at radius 2 is 1.06 bits per heavy atom. The molecular weight excluding hydrogens is 661 g/mol. The van der Waals surface area contributed by atoms with Crippen LogP contribution in [0.15, 0.2) is 163 Å². The van der Waals surface area contributed by atoms with Gasteiger partial charge in [-0.25, -0.2) is 4.99 Å². The number of nitrogens with one attached hydrogen (secondary N) is 2. The summed E-state index contributed by atoms with van der Waals surface area (Å²) in [5.74, 6) is 0. The van der Waals surface area contributed by atoms with E-state index in [-0.39, 0.29) is 6.04 Å². The molecule has 8 aromatic rings. The molecule has 6 nitrogen and oxygen atoms in total. The Kier molecular flexibility index (Phi) is 7.99. The second-order valence-electron chi connectivity index (χ2n) is 14.0. The van der Waals surface area contributed by atoms with Gasteiger partial charge in [-0.05, 0) is 59.4 Å². The van der Waals surface area contributed by atoms with E-state index in [1.54, 1.807) is 0 Å². The highest BCUT2D eigenvalue weighted by Gasteiger charge is 2.24. The zero-order chi connectivity index (χ0) is 35.8. The number of aromatic nitrogens is 3. The first kappa shape index (κ1) is 31.8. The van der Waals surface area contributed by atoms with E-state index in [0.717, 1.165) is 74.1 Å². The Hall–Kier alpha value is -6.92. The summed E-state index contributed by atoms with van der Waals surface area (Å²) >= 11 is 0. The number of benzene rings is 5. The van der Waals surface area contributed by atoms with Gasteiger partial charge in [0.15, 0.2) is 0 Å². The third-order valence-corrected chi connectivity index (χ3v) is 10.5. The molecule has 6 heterocycles. The topological polar surface area (TPSA) is 75.1 Å². The highest BCUT2D eigenvalue weighted by atomic mass is 15.0. The average molecular weight is 697 g/mol. The molecule has 0 saturated heterocycles. The summed E-state index contributed by atoms with van der Waals surface area (Å²) < 4.78 is 0. The Morgan fingerprint density at radius 1 is 0.500 bits per heavy atom. The predicted molar refractivity (Wildman–Crippen MR) is 224 cm³/mol. The van der Waals surface area contributed by atoms with Crippen molar-refractivity contribution >= 4 is 67.6 Å². The van der Waals surface area contributed by atoms with Crippen LogP contribution in [-0.4, -0.2) is 32.7 Å². The van der Waals surface area contributed by atoms with Crippen molar-refractivity contribution in [2.75, 3.05) is 10.6 Å². The van der Waals surface area contributed by atoms with E-state index < -0.39 is 0 Å². The molecule has 0 bridgehead atoms. The van der Waals surface area contributed by atoms with Gasteiger partial charge in [0.2, 0.25) is 0 Å². The van der Waals surface area contributed by atoms with Gasteiger partial charge in [0.1, 0.15) is 0 Å². The van der Waals surface area contributed by atoms with Gasteiger partial charge in [0.05, 0.1) is 39.3 Å². The molecule has 0 aliphatic carbocycles. The lowest BCUT2D eigenvalue weighted by Crippen LogP contribution is -2.23. The van der Waals surface area contributed by atoms with Gasteiger partial charge in [-0.15, -0.1) is 0 Å². The van der Waals surface area contributed by atoms with Crippen LogP contribution in [0.1, 0.15) is 33.4 Å². The number of aliphatic imine (C=N–C) groups is 1. The van der Waals surface area contributed by atoms with Crippen molar-refractivity contribution in [1.29, 1.82) is 0 Å². The Balaban J connectivity index is 0.000000148. The van der Waals surface area contributed by atoms with Gasteiger partial charge in [-0.3, -0.25) is 15.0 Å². The standard InChI is InChI=1S/C29H20N4.C19H16N2/c1-2-5-18(6-3-1)15-23-12-10-20-8-9-21-16-22(17-31-27(21)28(20)32-23)25-24-13-11-19-7-4-14-30-26(19)29(24)33-25;1-2-5-14(6-3-1)13-17-11-10-16-9-8-15-7-4-12-20-18(15)19(16)21-17/h1-14,16-17,23,32H,15H2;1-12,17,21H,13H2. The number of hydrogen-bond donors (Lipinski definition) is 2. The van der Waals surface area contributed by atoms with Crippen molar-refractivity contribution in [3.05, 3.63) is 192 Å². The number of pyridine rings is 3. The minimum Gasteiger partial charge on any atom is -0.376 e. The summed E-state index contributed by atoms with van der Waals surface area (Å²) in [6.07, 6.45) is 16.4. The molecule has 2 unspecified atom stereocenters. The van der Waals surface area contributed by atoms with E-state index in [4.69, 9.17) is 9.98 Å². The maximum Gasteiger partial charge on any atom is 0.0994 e. The Morgan fingerprint density at radius 3 is 1.70 bits per heavy atom. The van der Waals surface area contributed by atoms with Gasteiger partial charge in [0, 0.05) is 58.0 Å². The summed E-state index contributed by atoms with van der Waals surface area (Å²) in [7, 11) is 0.